The summed E-state index contributed by atoms with van der Waals surface area (Å²) in [6, 6.07) is 3.71. The van der Waals surface area contributed by atoms with Crippen molar-refractivity contribution in [1.82, 2.24) is 5.48 Å². The Kier molecular flexibility index (Phi) is 3.98. The van der Waals surface area contributed by atoms with E-state index in [4.69, 9.17) is 4.84 Å². The largest absolute Gasteiger partial charge is 0.302 e. The third-order valence-electron chi connectivity index (χ3n) is 1.85. The molecular formula is C10H13F2NO. The van der Waals surface area contributed by atoms with E-state index in [1.54, 1.807) is 6.92 Å². The van der Waals surface area contributed by atoms with E-state index in [-0.39, 0.29) is 11.6 Å². The van der Waals surface area contributed by atoms with E-state index < -0.39 is 11.6 Å². The van der Waals surface area contributed by atoms with Gasteiger partial charge in [0.1, 0.15) is 0 Å². The maximum atomic E-state index is 13.2. The van der Waals surface area contributed by atoms with Crippen LogP contribution in [0.25, 0.3) is 0 Å². The first kappa shape index (κ1) is 11.1. The fourth-order valence-electron chi connectivity index (χ4n) is 1.13. The summed E-state index contributed by atoms with van der Waals surface area (Å²) in [6.45, 7) is 3.98. The normalized spacial score (nSPS) is 12.9. The molecule has 1 unspecified atom stereocenters. The van der Waals surface area contributed by atoms with Crippen LogP contribution in [0.5, 0.6) is 0 Å². The standard InChI is InChI=1S/C10H13F2NO/c1-3-14-13-7(2)8-5-4-6-9(11)10(8)12/h4-7,13H,3H2,1-2H3. The van der Waals surface area contributed by atoms with Crippen molar-refractivity contribution in [2.75, 3.05) is 6.61 Å². The average Bonchev–Trinajstić information content (AvgIpc) is 2.18. The Hall–Kier alpha value is -1.00. The molecule has 1 atom stereocenters. The Morgan fingerprint density at radius 1 is 1.43 bits per heavy atom. The summed E-state index contributed by atoms with van der Waals surface area (Å²) in [7, 11) is 0. The van der Waals surface area contributed by atoms with Gasteiger partial charge in [0.05, 0.1) is 12.6 Å². The number of halogens is 2. The molecular weight excluding hydrogens is 188 g/mol. The Bertz CT molecular complexity index is 304. The first-order valence-corrected chi connectivity index (χ1v) is 4.48. The van der Waals surface area contributed by atoms with Crippen LogP contribution in [-0.2, 0) is 4.84 Å². The quantitative estimate of drug-likeness (QED) is 0.756. The van der Waals surface area contributed by atoms with Gasteiger partial charge in [0.15, 0.2) is 11.6 Å². The fraction of sp³-hybridized carbons (Fsp3) is 0.400. The molecule has 0 amide bonds. The molecule has 0 fully saturated rings. The molecule has 0 heterocycles. The third-order valence-corrected chi connectivity index (χ3v) is 1.85. The van der Waals surface area contributed by atoms with Crippen molar-refractivity contribution in [3.63, 3.8) is 0 Å². The zero-order valence-corrected chi connectivity index (χ0v) is 8.18. The average molecular weight is 201 g/mol. The third kappa shape index (κ3) is 2.49. The number of hydrogen-bond donors (Lipinski definition) is 1. The lowest BCUT2D eigenvalue weighted by Crippen LogP contribution is -2.20. The van der Waals surface area contributed by atoms with Crippen molar-refractivity contribution in [1.29, 1.82) is 0 Å². The molecule has 0 aliphatic heterocycles. The molecule has 1 aromatic carbocycles. The minimum atomic E-state index is -0.840. The van der Waals surface area contributed by atoms with E-state index in [9.17, 15) is 8.78 Å². The number of nitrogens with one attached hydrogen (secondary N) is 1. The maximum Gasteiger partial charge on any atom is 0.163 e. The van der Waals surface area contributed by atoms with Crippen LogP contribution in [0, 0.1) is 11.6 Å². The van der Waals surface area contributed by atoms with Crippen LogP contribution in [0.4, 0.5) is 8.78 Å². The molecule has 1 aromatic rings. The van der Waals surface area contributed by atoms with Crippen LogP contribution in [0.2, 0.25) is 0 Å². The lowest BCUT2D eigenvalue weighted by Gasteiger charge is -2.14. The highest BCUT2D eigenvalue weighted by molar-refractivity contribution is 5.21. The van der Waals surface area contributed by atoms with E-state index in [0.717, 1.165) is 6.07 Å². The van der Waals surface area contributed by atoms with Gasteiger partial charge >= 0.3 is 0 Å². The Labute approximate surface area is 81.8 Å². The molecule has 4 heteroatoms. The molecule has 0 aliphatic carbocycles. The molecule has 0 aliphatic rings. The molecule has 0 aromatic heterocycles. The molecule has 2 nitrogen and oxygen atoms in total. The molecule has 0 saturated carbocycles. The molecule has 0 spiro atoms. The summed E-state index contributed by atoms with van der Waals surface area (Å²) in [4.78, 5) is 4.91. The lowest BCUT2D eigenvalue weighted by molar-refractivity contribution is 0.0275. The van der Waals surface area contributed by atoms with Crippen molar-refractivity contribution in [3.05, 3.63) is 35.4 Å². The molecule has 14 heavy (non-hydrogen) atoms. The number of rotatable bonds is 4. The van der Waals surface area contributed by atoms with E-state index >= 15 is 0 Å². The second-order valence-corrected chi connectivity index (χ2v) is 2.92. The van der Waals surface area contributed by atoms with Crippen LogP contribution >= 0.6 is 0 Å². The van der Waals surface area contributed by atoms with Gasteiger partial charge in [0, 0.05) is 5.56 Å². The van der Waals surface area contributed by atoms with E-state index in [2.05, 4.69) is 5.48 Å². The van der Waals surface area contributed by atoms with Gasteiger partial charge in [0.25, 0.3) is 0 Å². The van der Waals surface area contributed by atoms with Crippen LogP contribution in [0.15, 0.2) is 18.2 Å². The summed E-state index contributed by atoms with van der Waals surface area (Å²) in [5.74, 6) is -1.67. The first-order valence-electron chi connectivity index (χ1n) is 4.48. The minimum Gasteiger partial charge on any atom is -0.302 e. The van der Waals surface area contributed by atoms with Gasteiger partial charge in [-0.25, -0.2) is 8.78 Å². The highest BCUT2D eigenvalue weighted by Gasteiger charge is 2.13. The highest BCUT2D eigenvalue weighted by Crippen LogP contribution is 2.18. The molecule has 78 valence electrons. The first-order chi connectivity index (χ1) is 6.66. The molecule has 0 bridgehead atoms. The predicted molar refractivity (Wildman–Crippen MR) is 49.5 cm³/mol. The summed E-state index contributed by atoms with van der Waals surface area (Å²) in [5.41, 5.74) is 2.87. The Morgan fingerprint density at radius 2 is 2.14 bits per heavy atom. The van der Waals surface area contributed by atoms with Crippen molar-refractivity contribution in [3.8, 4) is 0 Å². The number of benzene rings is 1. The number of hydroxylamine groups is 1. The van der Waals surface area contributed by atoms with Crippen molar-refractivity contribution >= 4 is 0 Å². The van der Waals surface area contributed by atoms with Crippen molar-refractivity contribution in [2.45, 2.75) is 19.9 Å². The summed E-state index contributed by atoms with van der Waals surface area (Å²) in [6.07, 6.45) is 0. The van der Waals surface area contributed by atoms with Gasteiger partial charge in [-0.15, -0.1) is 0 Å². The van der Waals surface area contributed by atoms with Gasteiger partial charge in [0.2, 0.25) is 0 Å². The van der Waals surface area contributed by atoms with Crippen LogP contribution < -0.4 is 5.48 Å². The minimum absolute atomic E-state index is 0.262. The lowest BCUT2D eigenvalue weighted by atomic mass is 10.1. The van der Waals surface area contributed by atoms with Crippen molar-refractivity contribution in [2.24, 2.45) is 0 Å². The highest BCUT2D eigenvalue weighted by atomic mass is 19.2. The molecule has 0 radical (unpaired) electrons. The predicted octanol–water partition coefficient (Wildman–Crippen LogP) is 2.57. The summed E-state index contributed by atoms with van der Waals surface area (Å²) in [5, 5.41) is 0. The van der Waals surface area contributed by atoms with Gasteiger partial charge in [-0.3, -0.25) is 0 Å². The topological polar surface area (TPSA) is 21.3 Å². The van der Waals surface area contributed by atoms with Crippen LogP contribution in [0.3, 0.4) is 0 Å². The zero-order chi connectivity index (χ0) is 10.6. The maximum absolute atomic E-state index is 13.2. The molecule has 0 saturated heterocycles. The second kappa shape index (κ2) is 5.02. The van der Waals surface area contributed by atoms with E-state index in [1.165, 1.54) is 12.1 Å². The smallest absolute Gasteiger partial charge is 0.163 e. The SMILES string of the molecule is CCONC(C)c1cccc(F)c1F. The Balaban J connectivity index is 2.79. The van der Waals surface area contributed by atoms with Crippen LogP contribution in [0.1, 0.15) is 25.5 Å². The Morgan fingerprint density at radius 3 is 2.79 bits per heavy atom. The van der Waals surface area contributed by atoms with E-state index in [1.807, 2.05) is 6.92 Å². The van der Waals surface area contributed by atoms with Crippen LogP contribution in [-0.4, -0.2) is 6.61 Å². The molecule has 1 rings (SSSR count). The van der Waals surface area contributed by atoms with Crippen molar-refractivity contribution < 1.29 is 13.6 Å². The fourth-order valence-corrected chi connectivity index (χ4v) is 1.13. The van der Waals surface area contributed by atoms with Gasteiger partial charge in [-0.1, -0.05) is 12.1 Å². The van der Waals surface area contributed by atoms with Gasteiger partial charge in [-0.2, -0.15) is 5.48 Å². The summed E-state index contributed by atoms with van der Waals surface area (Å²) >= 11 is 0. The van der Waals surface area contributed by atoms with Gasteiger partial charge in [-0.05, 0) is 19.9 Å². The van der Waals surface area contributed by atoms with E-state index in [0.29, 0.717) is 6.61 Å². The number of hydrogen-bond acceptors (Lipinski definition) is 2. The second-order valence-electron chi connectivity index (χ2n) is 2.92. The zero-order valence-electron chi connectivity index (χ0n) is 8.18. The van der Waals surface area contributed by atoms with Gasteiger partial charge < -0.3 is 4.84 Å². The summed E-state index contributed by atoms with van der Waals surface area (Å²) < 4.78 is 26.0. The monoisotopic (exact) mass is 201 g/mol. The molecule has 1 N–H and O–H groups in total.